The van der Waals surface area contributed by atoms with E-state index in [9.17, 15) is 5.11 Å². The van der Waals surface area contributed by atoms with Gasteiger partial charge in [-0.15, -0.1) is 0 Å². The predicted octanol–water partition coefficient (Wildman–Crippen LogP) is 2.55. The maximum atomic E-state index is 11.0. The molecule has 8 nitrogen and oxygen atoms in total. The number of nitrogens with zero attached hydrogens (tertiary/aromatic N) is 4. The van der Waals surface area contributed by atoms with Crippen LogP contribution in [0.25, 0.3) is 11.0 Å². The van der Waals surface area contributed by atoms with E-state index in [0.717, 1.165) is 51.1 Å². The van der Waals surface area contributed by atoms with Gasteiger partial charge in [-0.3, -0.25) is 4.90 Å². The van der Waals surface area contributed by atoms with Gasteiger partial charge in [-0.1, -0.05) is 37.6 Å². The van der Waals surface area contributed by atoms with E-state index in [1.54, 1.807) is 6.20 Å². The van der Waals surface area contributed by atoms with Crippen molar-refractivity contribution in [2.75, 3.05) is 45.6 Å². The molecule has 1 atom stereocenters. The fourth-order valence-electron chi connectivity index (χ4n) is 3.86. The smallest absolute Gasteiger partial charge is 0.319 e. The quantitative estimate of drug-likeness (QED) is 0.478. The summed E-state index contributed by atoms with van der Waals surface area (Å²) in [4.78, 5) is 16.6. The number of nitrogens with one attached hydrogen (secondary N) is 1. The summed E-state index contributed by atoms with van der Waals surface area (Å²) in [5.74, 6) is 0.317. The van der Waals surface area contributed by atoms with Crippen LogP contribution >= 0.6 is 0 Å². The highest BCUT2D eigenvalue weighted by atomic mass is 16.5. The van der Waals surface area contributed by atoms with Gasteiger partial charge in [0, 0.05) is 44.5 Å². The summed E-state index contributed by atoms with van der Waals surface area (Å²) in [6.07, 6.45) is 2.87. The Balaban J connectivity index is 1.50. The van der Waals surface area contributed by atoms with Crippen LogP contribution in [0.1, 0.15) is 42.6 Å². The number of hydrogen-bond acceptors (Lipinski definition) is 7. The molecule has 0 saturated carbocycles. The van der Waals surface area contributed by atoms with Crippen molar-refractivity contribution in [1.29, 1.82) is 0 Å². The summed E-state index contributed by atoms with van der Waals surface area (Å²) in [6.45, 7) is 7.94. The van der Waals surface area contributed by atoms with Gasteiger partial charge in [-0.2, -0.15) is 9.97 Å². The Morgan fingerprint density at radius 2 is 1.90 bits per heavy atom. The monoisotopic (exact) mass is 424 g/mol. The van der Waals surface area contributed by atoms with Gasteiger partial charge < -0.3 is 25.5 Å². The molecule has 2 aromatic heterocycles. The zero-order valence-electron chi connectivity index (χ0n) is 18.3. The number of benzene rings is 1. The normalized spacial score (nSPS) is 16.6. The van der Waals surface area contributed by atoms with E-state index in [4.69, 9.17) is 10.5 Å². The van der Waals surface area contributed by atoms with Crippen LogP contribution in [0, 0.1) is 0 Å². The number of aliphatic hydroxyl groups is 1. The van der Waals surface area contributed by atoms with Crippen molar-refractivity contribution in [2.24, 2.45) is 0 Å². The highest BCUT2D eigenvalue weighted by Crippen LogP contribution is 2.31. The molecule has 0 spiro atoms. The molecule has 0 aliphatic carbocycles. The van der Waals surface area contributed by atoms with Gasteiger partial charge in [0.05, 0.1) is 6.61 Å². The van der Waals surface area contributed by atoms with E-state index in [0.29, 0.717) is 29.0 Å². The number of piperazine rings is 1. The summed E-state index contributed by atoms with van der Waals surface area (Å²) >= 11 is 0. The molecule has 0 amide bonds. The number of ether oxygens (including phenoxy) is 1. The standard InChI is InChI=1S/C23H32N6O2/c1-3-4-13-31-23-26-19-18(14-25-20(19)22(24)27-23)21(30)17-7-5-16(6-8-17)15-29-11-9-28(2)10-12-29/h5-8,14,21,25,30H,3-4,9-13,15H2,1-2H3,(H2,24,26,27). The van der Waals surface area contributed by atoms with Gasteiger partial charge in [0.2, 0.25) is 0 Å². The number of H-pyrrole nitrogens is 1. The number of anilines is 1. The van der Waals surface area contributed by atoms with Crippen LogP contribution in [0.2, 0.25) is 0 Å². The van der Waals surface area contributed by atoms with Crippen LogP contribution in [-0.4, -0.2) is 69.7 Å². The first-order valence-corrected chi connectivity index (χ1v) is 11.0. The first kappa shape index (κ1) is 21.5. The highest BCUT2D eigenvalue weighted by Gasteiger charge is 2.20. The molecular formula is C23H32N6O2. The second-order valence-corrected chi connectivity index (χ2v) is 8.28. The summed E-state index contributed by atoms with van der Waals surface area (Å²) in [5, 5.41) is 11.0. The Morgan fingerprint density at radius 3 is 2.61 bits per heavy atom. The van der Waals surface area contributed by atoms with Crippen LogP contribution < -0.4 is 10.5 Å². The van der Waals surface area contributed by atoms with Gasteiger partial charge in [0.1, 0.15) is 17.1 Å². The van der Waals surface area contributed by atoms with Gasteiger partial charge >= 0.3 is 6.01 Å². The van der Waals surface area contributed by atoms with E-state index in [2.05, 4.69) is 50.9 Å². The van der Waals surface area contributed by atoms with Gasteiger partial charge in [-0.05, 0) is 24.6 Å². The van der Waals surface area contributed by atoms with Crippen molar-refractivity contribution in [1.82, 2.24) is 24.8 Å². The third kappa shape index (κ3) is 4.98. The van der Waals surface area contributed by atoms with Crippen LogP contribution in [0.5, 0.6) is 6.01 Å². The average molecular weight is 425 g/mol. The first-order chi connectivity index (χ1) is 15.0. The third-order valence-corrected chi connectivity index (χ3v) is 5.88. The number of aromatic nitrogens is 3. The zero-order chi connectivity index (χ0) is 21.8. The second kappa shape index (κ2) is 9.64. The topological polar surface area (TPSA) is 104 Å². The number of rotatable bonds is 8. The Labute approximate surface area is 183 Å². The summed E-state index contributed by atoms with van der Waals surface area (Å²) < 4.78 is 5.63. The lowest BCUT2D eigenvalue weighted by atomic mass is 10.0. The molecule has 8 heteroatoms. The molecule has 4 rings (SSSR count). The summed E-state index contributed by atoms with van der Waals surface area (Å²) in [6, 6.07) is 8.40. The van der Waals surface area contributed by atoms with Gasteiger partial charge in [0.15, 0.2) is 5.82 Å². The number of hydrogen-bond donors (Lipinski definition) is 3. The van der Waals surface area contributed by atoms with Gasteiger partial charge in [0.25, 0.3) is 0 Å². The van der Waals surface area contributed by atoms with Crippen molar-refractivity contribution in [2.45, 2.75) is 32.4 Å². The molecule has 1 fully saturated rings. The minimum atomic E-state index is -0.816. The Hall–Kier alpha value is -2.68. The highest BCUT2D eigenvalue weighted by molar-refractivity contribution is 5.88. The zero-order valence-corrected chi connectivity index (χ0v) is 18.3. The number of nitrogen functional groups attached to an aromatic ring is 1. The van der Waals surface area contributed by atoms with Crippen LogP contribution in [-0.2, 0) is 6.54 Å². The molecule has 4 N–H and O–H groups in total. The SMILES string of the molecule is CCCCOc1nc(N)c2[nH]cc(C(O)c3ccc(CN4CCN(C)CC4)cc3)c2n1. The lowest BCUT2D eigenvalue weighted by molar-refractivity contribution is 0.148. The van der Waals surface area contributed by atoms with Crippen molar-refractivity contribution in [3.8, 4) is 6.01 Å². The predicted molar refractivity (Wildman–Crippen MR) is 122 cm³/mol. The fraction of sp³-hybridized carbons (Fsp3) is 0.478. The minimum absolute atomic E-state index is 0.244. The maximum absolute atomic E-state index is 11.0. The average Bonchev–Trinajstić information content (AvgIpc) is 3.20. The van der Waals surface area contributed by atoms with E-state index in [1.807, 2.05) is 12.1 Å². The van der Waals surface area contributed by atoms with E-state index in [-0.39, 0.29) is 6.01 Å². The van der Waals surface area contributed by atoms with E-state index in [1.165, 1.54) is 5.56 Å². The van der Waals surface area contributed by atoms with Crippen LogP contribution in [0.15, 0.2) is 30.5 Å². The fourth-order valence-corrected chi connectivity index (χ4v) is 3.86. The maximum Gasteiger partial charge on any atom is 0.319 e. The lowest BCUT2D eigenvalue weighted by Crippen LogP contribution is -2.43. The summed E-state index contributed by atoms with van der Waals surface area (Å²) in [5.41, 5.74) is 10.0. The Kier molecular flexibility index (Phi) is 6.70. The lowest BCUT2D eigenvalue weighted by Gasteiger charge is -2.32. The Bertz CT molecular complexity index is 995. The second-order valence-electron chi connectivity index (χ2n) is 8.28. The van der Waals surface area contributed by atoms with E-state index >= 15 is 0 Å². The molecule has 1 unspecified atom stereocenters. The van der Waals surface area contributed by atoms with Crippen molar-refractivity contribution < 1.29 is 9.84 Å². The summed E-state index contributed by atoms with van der Waals surface area (Å²) in [7, 11) is 2.16. The molecule has 1 aliphatic rings. The number of fused-ring (bicyclic) bond motifs is 1. The number of nitrogens with two attached hydrogens (primary N) is 1. The Morgan fingerprint density at radius 1 is 1.16 bits per heavy atom. The van der Waals surface area contributed by atoms with Crippen molar-refractivity contribution >= 4 is 16.9 Å². The first-order valence-electron chi connectivity index (χ1n) is 11.0. The number of likely N-dealkylation sites (N-methyl/N-ethyl adjacent to an activating group) is 1. The molecule has 166 valence electrons. The van der Waals surface area contributed by atoms with Crippen LogP contribution in [0.3, 0.4) is 0 Å². The number of aromatic amines is 1. The third-order valence-electron chi connectivity index (χ3n) is 5.88. The van der Waals surface area contributed by atoms with E-state index < -0.39 is 6.10 Å². The number of unbranched alkanes of at least 4 members (excludes halogenated alkanes) is 1. The largest absolute Gasteiger partial charge is 0.463 e. The molecule has 1 aromatic carbocycles. The number of aliphatic hydroxyl groups excluding tert-OH is 1. The molecule has 3 heterocycles. The van der Waals surface area contributed by atoms with Crippen molar-refractivity contribution in [3.05, 3.63) is 47.2 Å². The van der Waals surface area contributed by atoms with Crippen LogP contribution in [0.4, 0.5) is 5.82 Å². The van der Waals surface area contributed by atoms with Gasteiger partial charge in [-0.25, -0.2) is 0 Å². The minimum Gasteiger partial charge on any atom is -0.463 e. The molecule has 3 aromatic rings. The molecule has 0 radical (unpaired) electrons. The molecular weight excluding hydrogens is 392 g/mol. The molecule has 0 bridgehead atoms. The molecule has 1 saturated heterocycles. The van der Waals surface area contributed by atoms with Crippen molar-refractivity contribution in [3.63, 3.8) is 0 Å². The molecule has 1 aliphatic heterocycles. The molecule has 31 heavy (non-hydrogen) atoms.